The third-order valence-corrected chi connectivity index (χ3v) is 4.21. The van der Waals surface area contributed by atoms with Crippen LogP contribution in [0.2, 0.25) is 0 Å². The first kappa shape index (κ1) is 13.7. The Bertz CT molecular complexity index is 367. The molecule has 2 unspecified atom stereocenters. The molecule has 18 heavy (non-hydrogen) atoms. The van der Waals surface area contributed by atoms with E-state index >= 15 is 0 Å². The van der Waals surface area contributed by atoms with Gasteiger partial charge in [-0.2, -0.15) is 0 Å². The van der Waals surface area contributed by atoms with Gasteiger partial charge in [-0.3, -0.25) is 0 Å². The molecule has 0 aromatic carbocycles. The molecule has 4 nitrogen and oxygen atoms in total. The number of nitrogens with one attached hydrogen (secondary N) is 1. The second-order valence-electron chi connectivity index (χ2n) is 5.46. The summed E-state index contributed by atoms with van der Waals surface area (Å²) in [5, 5.41) is 14.1. The second kappa shape index (κ2) is 6.48. The van der Waals surface area contributed by atoms with E-state index in [2.05, 4.69) is 29.4 Å². The van der Waals surface area contributed by atoms with Gasteiger partial charge in [0, 0.05) is 19.6 Å². The maximum Gasteiger partial charge on any atom is 0.205 e. The summed E-state index contributed by atoms with van der Waals surface area (Å²) in [6.45, 7) is 4.41. The third kappa shape index (κ3) is 3.92. The molecule has 1 N–H and O–H groups in total. The Balaban J connectivity index is 1.86. The van der Waals surface area contributed by atoms with Crippen molar-refractivity contribution in [1.82, 2.24) is 10.2 Å². The topological polar surface area (TPSA) is 47.0 Å². The molecule has 1 fully saturated rings. The molecule has 1 aromatic rings. The van der Waals surface area contributed by atoms with Crippen molar-refractivity contribution in [3.63, 3.8) is 0 Å². The van der Waals surface area contributed by atoms with Crippen molar-refractivity contribution in [2.24, 2.45) is 5.92 Å². The number of aromatic nitrogens is 2. The summed E-state index contributed by atoms with van der Waals surface area (Å²) in [7, 11) is 1.80. The number of hydrogen-bond donors (Lipinski definition) is 1. The highest BCUT2D eigenvalue weighted by Gasteiger charge is 2.22. The Morgan fingerprint density at radius 3 is 2.94 bits per heavy atom. The van der Waals surface area contributed by atoms with E-state index in [1.165, 1.54) is 19.3 Å². The monoisotopic (exact) mass is 269 g/mol. The summed E-state index contributed by atoms with van der Waals surface area (Å²) in [6.07, 6.45) is 6.12. The lowest BCUT2D eigenvalue weighted by Gasteiger charge is -2.28. The third-order valence-electron chi connectivity index (χ3n) is 3.34. The summed E-state index contributed by atoms with van der Waals surface area (Å²) < 4.78 is 5.44. The summed E-state index contributed by atoms with van der Waals surface area (Å²) >= 11 is 1.69. The van der Waals surface area contributed by atoms with Gasteiger partial charge in [0.15, 0.2) is 0 Å². The number of rotatable bonds is 5. The zero-order chi connectivity index (χ0) is 13.0. The van der Waals surface area contributed by atoms with Gasteiger partial charge in [0.1, 0.15) is 5.01 Å². The number of hydrogen-bond acceptors (Lipinski definition) is 5. The zero-order valence-electron chi connectivity index (χ0n) is 11.5. The van der Waals surface area contributed by atoms with E-state index in [0.29, 0.717) is 18.1 Å². The SMILES string of the molecule is COC1CCCC(Nc2nnc(CC(C)C)s2)C1. The highest BCUT2D eigenvalue weighted by Crippen LogP contribution is 2.25. The molecule has 0 saturated heterocycles. The molecular formula is C13H23N3OS. The highest BCUT2D eigenvalue weighted by molar-refractivity contribution is 7.15. The van der Waals surface area contributed by atoms with Gasteiger partial charge in [-0.05, 0) is 31.6 Å². The maximum atomic E-state index is 5.44. The van der Waals surface area contributed by atoms with Crippen LogP contribution in [0, 0.1) is 5.92 Å². The number of methoxy groups -OCH3 is 1. The van der Waals surface area contributed by atoms with Crippen molar-refractivity contribution >= 4 is 16.5 Å². The fourth-order valence-corrected chi connectivity index (χ4v) is 3.44. The van der Waals surface area contributed by atoms with Crippen LogP contribution in [0.3, 0.4) is 0 Å². The minimum absolute atomic E-state index is 0.402. The molecule has 102 valence electrons. The lowest BCUT2D eigenvalue weighted by Crippen LogP contribution is -2.30. The molecule has 2 rings (SSSR count). The van der Waals surface area contributed by atoms with E-state index in [0.717, 1.165) is 23.0 Å². The molecule has 0 bridgehead atoms. The van der Waals surface area contributed by atoms with Crippen molar-refractivity contribution in [3.8, 4) is 0 Å². The van der Waals surface area contributed by atoms with Gasteiger partial charge in [0.25, 0.3) is 0 Å². The van der Waals surface area contributed by atoms with Gasteiger partial charge in [0.05, 0.1) is 6.10 Å². The largest absolute Gasteiger partial charge is 0.381 e. The van der Waals surface area contributed by atoms with Crippen molar-refractivity contribution in [2.45, 2.75) is 58.1 Å². The molecule has 1 aromatic heterocycles. The average molecular weight is 269 g/mol. The molecule has 0 spiro atoms. The molecule has 0 amide bonds. The molecular weight excluding hydrogens is 246 g/mol. The fraction of sp³-hybridized carbons (Fsp3) is 0.846. The Morgan fingerprint density at radius 2 is 2.22 bits per heavy atom. The summed E-state index contributed by atoms with van der Waals surface area (Å²) in [5.74, 6) is 0.637. The number of ether oxygens (including phenoxy) is 1. The molecule has 0 aliphatic heterocycles. The molecule has 1 aliphatic rings. The standard InChI is InChI=1S/C13H23N3OS/c1-9(2)7-12-15-16-13(18-12)14-10-5-4-6-11(8-10)17-3/h9-11H,4-8H2,1-3H3,(H,14,16). The molecule has 5 heteroatoms. The summed E-state index contributed by atoms with van der Waals surface area (Å²) in [5.41, 5.74) is 0. The van der Waals surface area contributed by atoms with E-state index in [9.17, 15) is 0 Å². The Morgan fingerprint density at radius 1 is 1.39 bits per heavy atom. The van der Waals surface area contributed by atoms with E-state index < -0.39 is 0 Å². The minimum Gasteiger partial charge on any atom is -0.381 e. The van der Waals surface area contributed by atoms with Crippen molar-refractivity contribution < 1.29 is 4.74 Å². The lowest BCUT2D eigenvalue weighted by molar-refractivity contribution is 0.0669. The van der Waals surface area contributed by atoms with E-state index in [1.54, 1.807) is 18.4 Å². The molecule has 1 saturated carbocycles. The maximum absolute atomic E-state index is 5.44. The van der Waals surface area contributed by atoms with Gasteiger partial charge in [-0.1, -0.05) is 25.2 Å². The quantitative estimate of drug-likeness (QED) is 0.892. The van der Waals surface area contributed by atoms with Gasteiger partial charge < -0.3 is 10.1 Å². The zero-order valence-corrected chi connectivity index (χ0v) is 12.3. The Kier molecular flexibility index (Phi) is 4.95. The predicted molar refractivity (Wildman–Crippen MR) is 75.1 cm³/mol. The van der Waals surface area contributed by atoms with Crippen LogP contribution < -0.4 is 5.32 Å². The smallest absolute Gasteiger partial charge is 0.205 e. The van der Waals surface area contributed by atoms with E-state index in [1.807, 2.05) is 0 Å². The van der Waals surface area contributed by atoms with E-state index in [4.69, 9.17) is 4.74 Å². The normalized spacial score (nSPS) is 24.4. The predicted octanol–water partition coefficient (Wildman–Crippen LogP) is 3.11. The Hall–Kier alpha value is -0.680. The summed E-state index contributed by atoms with van der Waals surface area (Å²) in [6, 6.07) is 0.489. The molecule has 2 atom stereocenters. The van der Waals surface area contributed by atoms with Crippen molar-refractivity contribution in [2.75, 3.05) is 12.4 Å². The number of nitrogens with zero attached hydrogens (tertiary/aromatic N) is 2. The highest BCUT2D eigenvalue weighted by atomic mass is 32.1. The van der Waals surface area contributed by atoms with E-state index in [-0.39, 0.29) is 0 Å². The van der Waals surface area contributed by atoms with Crippen LogP contribution in [-0.2, 0) is 11.2 Å². The minimum atomic E-state index is 0.402. The van der Waals surface area contributed by atoms with Gasteiger partial charge >= 0.3 is 0 Å². The first-order chi connectivity index (χ1) is 8.67. The first-order valence-corrected chi connectivity index (χ1v) is 7.60. The van der Waals surface area contributed by atoms with Crippen LogP contribution in [0.1, 0.15) is 44.5 Å². The van der Waals surface area contributed by atoms with Gasteiger partial charge in [0.2, 0.25) is 5.13 Å². The first-order valence-electron chi connectivity index (χ1n) is 6.79. The second-order valence-corrected chi connectivity index (χ2v) is 6.53. The molecule has 0 radical (unpaired) electrons. The molecule has 1 aliphatic carbocycles. The average Bonchev–Trinajstić information content (AvgIpc) is 2.76. The van der Waals surface area contributed by atoms with Crippen LogP contribution >= 0.6 is 11.3 Å². The van der Waals surface area contributed by atoms with Crippen molar-refractivity contribution in [1.29, 1.82) is 0 Å². The number of anilines is 1. The van der Waals surface area contributed by atoms with Crippen LogP contribution in [0.25, 0.3) is 0 Å². The summed E-state index contributed by atoms with van der Waals surface area (Å²) in [4.78, 5) is 0. The Labute approximate surface area is 113 Å². The van der Waals surface area contributed by atoms with Crippen LogP contribution in [0.15, 0.2) is 0 Å². The van der Waals surface area contributed by atoms with Gasteiger partial charge in [-0.15, -0.1) is 10.2 Å². The van der Waals surface area contributed by atoms with Crippen LogP contribution in [-0.4, -0.2) is 29.5 Å². The fourth-order valence-electron chi connectivity index (χ4n) is 2.41. The van der Waals surface area contributed by atoms with Crippen LogP contribution in [0.5, 0.6) is 0 Å². The lowest BCUT2D eigenvalue weighted by atomic mass is 9.93. The molecule has 1 heterocycles. The van der Waals surface area contributed by atoms with Crippen molar-refractivity contribution in [3.05, 3.63) is 5.01 Å². The van der Waals surface area contributed by atoms with Crippen LogP contribution in [0.4, 0.5) is 5.13 Å². The van der Waals surface area contributed by atoms with Gasteiger partial charge in [-0.25, -0.2) is 0 Å².